The van der Waals surface area contributed by atoms with Gasteiger partial charge in [-0.15, -0.1) is 0 Å². The normalized spacial score (nSPS) is 17.0. The second-order valence-corrected chi connectivity index (χ2v) is 13.2. The van der Waals surface area contributed by atoms with Gasteiger partial charge in [-0.3, -0.25) is 4.79 Å². The molecule has 45 heavy (non-hydrogen) atoms. The van der Waals surface area contributed by atoms with Crippen molar-refractivity contribution < 1.29 is 28.9 Å². The largest absolute Gasteiger partial charge is 0.497 e. The zero-order valence-electron chi connectivity index (χ0n) is 26.9. The molecule has 0 bridgehead atoms. The minimum Gasteiger partial charge on any atom is -0.497 e. The molecule has 1 aliphatic carbocycles. The number of nitrogens with zero attached hydrogens (tertiary/aromatic N) is 1. The second kappa shape index (κ2) is 14.4. The van der Waals surface area contributed by atoms with E-state index in [2.05, 4.69) is 41.7 Å². The Morgan fingerprint density at radius 2 is 1.62 bits per heavy atom. The number of ether oxygens (including phenoxy) is 3. The van der Waals surface area contributed by atoms with E-state index in [0.29, 0.717) is 37.6 Å². The first-order valence-corrected chi connectivity index (χ1v) is 16.0. The Labute approximate surface area is 266 Å². The molecule has 1 saturated heterocycles. The van der Waals surface area contributed by atoms with Crippen LogP contribution in [0.15, 0.2) is 60.7 Å². The van der Waals surface area contributed by atoms with Crippen molar-refractivity contribution in [1.29, 1.82) is 0 Å². The molecular weight excluding hydrogens is 568 g/mol. The molecule has 3 aromatic rings. The number of hydrogen-bond acceptors (Lipinski definition) is 6. The number of amides is 1. The smallest absolute Gasteiger partial charge is 0.407 e. The number of benzene rings is 3. The first kappa shape index (κ1) is 32.4. The van der Waals surface area contributed by atoms with Crippen LogP contribution in [0.2, 0.25) is 0 Å². The molecule has 1 heterocycles. The third kappa shape index (κ3) is 8.57. The highest BCUT2D eigenvalue weighted by atomic mass is 16.5. The van der Waals surface area contributed by atoms with Crippen LogP contribution in [0.25, 0.3) is 0 Å². The quantitative estimate of drug-likeness (QED) is 0.148. The van der Waals surface area contributed by atoms with E-state index in [9.17, 15) is 9.59 Å². The maximum atomic E-state index is 12.4. The molecule has 0 unspecified atom stereocenters. The molecule has 2 N–H and O–H groups in total. The summed E-state index contributed by atoms with van der Waals surface area (Å²) in [5, 5.41) is 12.7. The molecule has 2 aliphatic rings. The van der Waals surface area contributed by atoms with Crippen LogP contribution in [-0.4, -0.2) is 54.9 Å². The van der Waals surface area contributed by atoms with Crippen molar-refractivity contribution >= 4 is 12.1 Å². The standard InChI is InChI=1S/C37H46N2O6/c1-37(2,3)35(40)45-33-12-9-26-21-28(8-7-27(26)22-33)34-14-13-32(43-4)23-29(34)15-18-38-24-25-5-10-30(11-6-25)44-31-16-19-39(20-17-31)36(41)42/h5-6,9-14,22-23,28,31,38H,7-8,15-21,24H2,1-4H3,(H,41,42)/t28-/m1/s1. The van der Waals surface area contributed by atoms with Gasteiger partial charge in [-0.2, -0.15) is 0 Å². The summed E-state index contributed by atoms with van der Waals surface area (Å²) >= 11 is 0. The highest BCUT2D eigenvalue weighted by Gasteiger charge is 2.26. The summed E-state index contributed by atoms with van der Waals surface area (Å²) in [7, 11) is 1.71. The minimum absolute atomic E-state index is 0.0508. The van der Waals surface area contributed by atoms with Gasteiger partial charge in [0, 0.05) is 32.5 Å². The van der Waals surface area contributed by atoms with Gasteiger partial charge in [0.25, 0.3) is 0 Å². The summed E-state index contributed by atoms with van der Waals surface area (Å²) in [5.74, 6) is 2.53. The number of rotatable bonds is 10. The summed E-state index contributed by atoms with van der Waals surface area (Å²) in [6.07, 6.45) is 4.47. The molecule has 5 rings (SSSR count). The van der Waals surface area contributed by atoms with Crippen LogP contribution in [0.3, 0.4) is 0 Å². The number of piperidine rings is 1. The molecule has 0 radical (unpaired) electrons. The van der Waals surface area contributed by atoms with E-state index >= 15 is 0 Å². The summed E-state index contributed by atoms with van der Waals surface area (Å²) in [4.78, 5) is 24.9. The molecule has 240 valence electrons. The van der Waals surface area contributed by atoms with Gasteiger partial charge >= 0.3 is 12.1 Å². The van der Waals surface area contributed by atoms with Crippen LogP contribution in [0.1, 0.15) is 73.8 Å². The average molecular weight is 615 g/mol. The molecule has 1 amide bonds. The summed E-state index contributed by atoms with van der Waals surface area (Å²) in [6.45, 7) is 8.23. The molecule has 0 spiro atoms. The first-order chi connectivity index (χ1) is 21.6. The zero-order valence-corrected chi connectivity index (χ0v) is 26.9. The van der Waals surface area contributed by atoms with Crippen molar-refractivity contribution in [3.05, 3.63) is 88.5 Å². The van der Waals surface area contributed by atoms with Gasteiger partial charge in [-0.05, 0) is 123 Å². The fourth-order valence-electron chi connectivity index (χ4n) is 6.14. The van der Waals surface area contributed by atoms with Gasteiger partial charge < -0.3 is 29.5 Å². The highest BCUT2D eigenvalue weighted by Crippen LogP contribution is 2.37. The Hall–Kier alpha value is -4.04. The van der Waals surface area contributed by atoms with Crippen molar-refractivity contribution in [2.45, 2.75) is 77.9 Å². The summed E-state index contributed by atoms with van der Waals surface area (Å²) in [6, 6.07) is 20.7. The Morgan fingerprint density at radius 1 is 0.911 bits per heavy atom. The molecule has 8 nitrogen and oxygen atoms in total. The monoisotopic (exact) mass is 614 g/mol. The predicted molar refractivity (Wildman–Crippen MR) is 174 cm³/mol. The number of carbonyl (C=O) groups excluding carboxylic acids is 1. The predicted octanol–water partition coefficient (Wildman–Crippen LogP) is 6.77. The van der Waals surface area contributed by atoms with Crippen molar-refractivity contribution in [3.63, 3.8) is 0 Å². The highest BCUT2D eigenvalue weighted by molar-refractivity contribution is 5.78. The van der Waals surface area contributed by atoms with Gasteiger partial charge in [0.2, 0.25) is 0 Å². The van der Waals surface area contributed by atoms with E-state index in [-0.39, 0.29) is 12.1 Å². The van der Waals surface area contributed by atoms with Crippen LogP contribution >= 0.6 is 0 Å². The Morgan fingerprint density at radius 3 is 2.31 bits per heavy atom. The third-order valence-corrected chi connectivity index (χ3v) is 8.86. The van der Waals surface area contributed by atoms with Crippen molar-refractivity contribution in [2.75, 3.05) is 26.7 Å². The molecule has 1 aliphatic heterocycles. The molecule has 8 heteroatoms. The average Bonchev–Trinajstić information content (AvgIpc) is 3.03. The number of hydrogen-bond donors (Lipinski definition) is 2. The number of carboxylic acid groups (broad SMARTS) is 1. The fourth-order valence-corrected chi connectivity index (χ4v) is 6.14. The van der Waals surface area contributed by atoms with Crippen LogP contribution in [0.4, 0.5) is 4.79 Å². The summed E-state index contributed by atoms with van der Waals surface area (Å²) in [5.41, 5.74) is 5.92. The van der Waals surface area contributed by atoms with E-state index in [1.165, 1.54) is 32.7 Å². The van der Waals surface area contributed by atoms with Crippen LogP contribution in [-0.2, 0) is 30.6 Å². The van der Waals surface area contributed by atoms with E-state index in [0.717, 1.165) is 50.3 Å². The lowest BCUT2D eigenvalue weighted by molar-refractivity contribution is -0.143. The first-order valence-electron chi connectivity index (χ1n) is 16.0. The zero-order chi connectivity index (χ0) is 32.0. The van der Waals surface area contributed by atoms with E-state index in [1.807, 2.05) is 45.0 Å². The Balaban J connectivity index is 1.14. The van der Waals surface area contributed by atoms with Crippen LogP contribution in [0, 0.1) is 5.41 Å². The lowest BCUT2D eigenvalue weighted by Gasteiger charge is -2.30. The molecular formula is C37H46N2O6. The third-order valence-electron chi connectivity index (χ3n) is 8.86. The van der Waals surface area contributed by atoms with Gasteiger partial charge in [-0.25, -0.2) is 4.79 Å². The van der Waals surface area contributed by atoms with Crippen LogP contribution < -0.4 is 19.5 Å². The number of nitrogens with one attached hydrogen (secondary N) is 1. The lowest BCUT2D eigenvalue weighted by Crippen LogP contribution is -2.41. The molecule has 3 aromatic carbocycles. The van der Waals surface area contributed by atoms with Gasteiger partial charge in [0.1, 0.15) is 23.4 Å². The fraction of sp³-hybridized carbons (Fsp3) is 0.459. The molecule has 0 aromatic heterocycles. The number of carbonyl (C=O) groups is 2. The number of aryl methyl sites for hydroxylation is 1. The molecule has 1 fully saturated rings. The van der Waals surface area contributed by atoms with E-state index in [4.69, 9.17) is 19.3 Å². The topological polar surface area (TPSA) is 97.3 Å². The number of fused-ring (bicyclic) bond motifs is 1. The lowest BCUT2D eigenvalue weighted by atomic mass is 9.78. The number of likely N-dealkylation sites (tertiary alicyclic amines) is 1. The minimum atomic E-state index is -0.857. The Bertz CT molecular complexity index is 1470. The Kier molecular flexibility index (Phi) is 10.3. The number of methoxy groups -OCH3 is 1. The van der Waals surface area contributed by atoms with E-state index in [1.54, 1.807) is 7.11 Å². The van der Waals surface area contributed by atoms with Gasteiger partial charge in [0.15, 0.2) is 0 Å². The maximum absolute atomic E-state index is 12.4. The molecule has 1 atom stereocenters. The SMILES string of the molecule is COc1ccc([C@@H]2CCc3cc(OC(=O)C(C)(C)C)ccc3C2)c(CCNCc2ccc(OC3CCN(C(=O)O)CC3)cc2)c1. The maximum Gasteiger partial charge on any atom is 0.407 e. The summed E-state index contributed by atoms with van der Waals surface area (Å²) < 4.78 is 17.3. The van der Waals surface area contributed by atoms with Crippen molar-refractivity contribution in [3.8, 4) is 17.2 Å². The van der Waals surface area contributed by atoms with Gasteiger partial charge in [0.05, 0.1) is 12.5 Å². The van der Waals surface area contributed by atoms with Crippen LogP contribution in [0.5, 0.6) is 17.2 Å². The number of esters is 1. The van der Waals surface area contributed by atoms with Crippen molar-refractivity contribution in [1.82, 2.24) is 10.2 Å². The second-order valence-electron chi connectivity index (χ2n) is 13.2. The van der Waals surface area contributed by atoms with Gasteiger partial charge in [-0.1, -0.05) is 24.3 Å². The van der Waals surface area contributed by atoms with Crippen molar-refractivity contribution in [2.24, 2.45) is 5.41 Å². The van der Waals surface area contributed by atoms with E-state index < -0.39 is 11.5 Å². The molecule has 0 saturated carbocycles.